The van der Waals surface area contributed by atoms with Gasteiger partial charge in [0.15, 0.2) is 0 Å². The van der Waals surface area contributed by atoms with Crippen molar-refractivity contribution in [2.75, 3.05) is 37.7 Å². The van der Waals surface area contributed by atoms with E-state index in [4.69, 9.17) is 13.6 Å². The molecule has 23 heavy (non-hydrogen) atoms. The molecule has 0 amide bonds. The van der Waals surface area contributed by atoms with Crippen molar-refractivity contribution in [3.05, 3.63) is 30.0 Å². The average molecular weight is 318 g/mol. The van der Waals surface area contributed by atoms with E-state index in [2.05, 4.69) is 20.0 Å². The van der Waals surface area contributed by atoms with Crippen molar-refractivity contribution in [1.29, 1.82) is 0 Å². The predicted octanol–water partition coefficient (Wildman–Crippen LogP) is 1.84. The second-order valence-corrected chi connectivity index (χ2v) is 6.45. The summed E-state index contributed by atoms with van der Waals surface area (Å²) in [6.45, 7) is 6.96. The van der Waals surface area contributed by atoms with Gasteiger partial charge in [0.05, 0.1) is 31.6 Å². The third kappa shape index (κ3) is 3.11. The van der Waals surface area contributed by atoms with E-state index < -0.39 is 0 Å². The van der Waals surface area contributed by atoms with Gasteiger partial charge in [0, 0.05) is 26.6 Å². The van der Waals surface area contributed by atoms with E-state index in [0.717, 1.165) is 57.9 Å². The molecule has 4 rings (SSSR count). The van der Waals surface area contributed by atoms with E-state index in [0.29, 0.717) is 11.9 Å². The van der Waals surface area contributed by atoms with Crippen LogP contribution in [0, 0.1) is 6.92 Å². The highest BCUT2D eigenvalue weighted by Gasteiger charge is 2.41. The van der Waals surface area contributed by atoms with E-state index in [-0.39, 0.29) is 5.60 Å². The van der Waals surface area contributed by atoms with Gasteiger partial charge in [0.2, 0.25) is 5.89 Å². The molecule has 2 fully saturated rings. The maximum absolute atomic E-state index is 6.21. The smallest absolute Gasteiger partial charge is 0.318 e. The van der Waals surface area contributed by atoms with E-state index in [1.165, 1.54) is 0 Å². The Bertz CT molecular complexity index is 638. The van der Waals surface area contributed by atoms with Gasteiger partial charge in [0.25, 0.3) is 0 Å². The largest absolute Gasteiger partial charge is 0.468 e. The first-order chi connectivity index (χ1) is 11.2. The number of aryl methyl sites for hydroxylation is 1. The maximum Gasteiger partial charge on any atom is 0.318 e. The molecule has 7 nitrogen and oxygen atoms in total. The van der Waals surface area contributed by atoms with Gasteiger partial charge in [-0.2, -0.15) is 0 Å². The lowest BCUT2D eigenvalue weighted by Crippen LogP contribution is -2.59. The highest BCUT2D eigenvalue weighted by molar-refractivity contribution is 5.27. The van der Waals surface area contributed by atoms with E-state index in [9.17, 15) is 0 Å². The van der Waals surface area contributed by atoms with Crippen molar-refractivity contribution in [3.63, 3.8) is 0 Å². The minimum Gasteiger partial charge on any atom is -0.468 e. The Balaban J connectivity index is 1.46. The molecule has 0 N–H and O–H groups in total. The molecule has 124 valence electrons. The van der Waals surface area contributed by atoms with Crippen molar-refractivity contribution < 1.29 is 13.6 Å². The SMILES string of the molecule is Cc1nnc(N2CCC[C@@]3(CN(Cc4ccco4)CCO3)C2)o1. The molecule has 1 atom stereocenters. The summed E-state index contributed by atoms with van der Waals surface area (Å²) in [4.78, 5) is 4.56. The lowest BCUT2D eigenvalue weighted by atomic mass is 9.91. The Labute approximate surface area is 135 Å². The standard InChI is InChI=1S/C16H22N4O3/c1-13-17-18-15(23-13)20-6-3-5-16(12-20)11-19(7-9-22-16)10-14-4-2-8-21-14/h2,4,8H,3,5-7,9-12H2,1H3/t16-/m1/s1. The number of anilines is 1. The van der Waals surface area contributed by atoms with Gasteiger partial charge in [0.1, 0.15) is 5.76 Å². The Morgan fingerprint density at radius 2 is 2.22 bits per heavy atom. The van der Waals surface area contributed by atoms with Crippen LogP contribution in [-0.2, 0) is 11.3 Å². The maximum atomic E-state index is 6.21. The van der Waals surface area contributed by atoms with Crippen molar-refractivity contribution in [2.45, 2.75) is 31.9 Å². The third-order valence-corrected chi connectivity index (χ3v) is 4.61. The number of ether oxygens (including phenoxy) is 1. The lowest BCUT2D eigenvalue weighted by molar-refractivity contribution is -0.117. The summed E-state index contributed by atoms with van der Waals surface area (Å²) in [6.07, 6.45) is 3.85. The minimum absolute atomic E-state index is 0.161. The fourth-order valence-electron chi connectivity index (χ4n) is 3.60. The number of nitrogens with zero attached hydrogens (tertiary/aromatic N) is 4. The van der Waals surface area contributed by atoms with Crippen molar-refractivity contribution in [2.24, 2.45) is 0 Å². The van der Waals surface area contributed by atoms with Crippen LogP contribution >= 0.6 is 0 Å². The molecule has 0 unspecified atom stereocenters. The van der Waals surface area contributed by atoms with Gasteiger partial charge in [-0.1, -0.05) is 5.10 Å². The van der Waals surface area contributed by atoms with Gasteiger partial charge in [-0.15, -0.1) is 5.10 Å². The number of morpholine rings is 1. The Morgan fingerprint density at radius 1 is 1.26 bits per heavy atom. The molecule has 4 heterocycles. The zero-order valence-electron chi connectivity index (χ0n) is 13.4. The predicted molar refractivity (Wildman–Crippen MR) is 83.2 cm³/mol. The number of hydrogen-bond acceptors (Lipinski definition) is 7. The van der Waals surface area contributed by atoms with Crippen LogP contribution in [0.1, 0.15) is 24.5 Å². The molecule has 0 aromatic carbocycles. The van der Waals surface area contributed by atoms with Crippen LogP contribution in [0.4, 0.5) is 6.01 Å². The first-order valence-electron chi connectivity index (χ1n) is 8.16. The van der Waals surface area contributed by atoms with E-state index in [1.54, 1.807) is 6.26 Å². The van der Waals surface area contributed by atoms with E-state index in [1.807, 2.05) is 19.1 Å². The highest BCUT2D eigenvalue weighted by Crippen LogP contribution is 2.31. The number of rotatable bonds is 3. The minimum atomic E-state index is -0.161. The van der Waals surface area contributed by atoms with Crippen LogP contribution in [0.2, 0.25) is 0 Å². The second kappa shape index (κ2) is 5.98. The fourth-order valence-corrected chi connectivity index (χ4v) is 3.60. The van der Waals surface area contributed by atoms with Crippen LogP contribution in [-0.4, -0.2) is 53.5 Å². The van der Waals surface area contributed by atoms with Crippen LogP contribution in [0.15, 0.2) is 27.2 Å². The number of hydrogen-bond donors (Lipinski definition) is 0. The van der Waals surface area contributed by atoms with Gasteiger partial charge in [-0.25, -0.2) is 0 Å². The van der Waals surface area contributed by atoms with Gasteiger partial charge >= 0.3 is 6.01 Å². The normalized spacial score (nSPS) is 26.0. The molecule has 0 aliphatic carbocycles. The zero-order chi connectivity index (χ0) is 15.7. The van der Waals surface area contributed by atoms with E-state index >= 15 is 0 Å². The summed E-state index contributed by atoms with van der Waals surface area (Å²) >= 11 is 0. The second-order valence-electron chi connectivity index (χ2n) is 6.45. The van der Waals surface area contributed by atoms with Gasteiger partial charge < -0.3 is 18.5 Å². The Hall–Kier alpha value is -1.86. The lowest BCUT2D eigenvalue weighted by Gasteiger charge is -2.47. The van der Waals surface area contributed by atoms with Gasteiger partial charge in [-0.3, -0.25) is 4.90 Å². The summed E-state index contributed by atoms with van der Waals surface area (Å²) < 4.78 is 17.3. The Morgan fingerprint density at radius 3 is 3.00 bits per heavy atom. The molecule has 2 aliphatic heterocycles. The van der Waals surface area contributed by atoms with Crippen LogP contribution in [0.5, 0.6) is 0 Å². The van der Waals surface area contributed by atoms with Gasteiger partial charge in [-0.05, 0) is 25.0 Å². The monoisotopic (exact) mass is 318 g/mol. The molecule has 2 aromatic heterocycles. The molecule has 2 aliphatic rings. The van der Waals surface area contributed by atoms with Crippen LogP contribution in [0.25, 0.3) is 0 Å². The molecule has 1 spiro atoms. The van der Waals surface area contributed by atoms with Crippen molar-refractivity contribution >= 4 is 6.01 Å². The van der Waals surface area contributed by atoms with Crippen LogP contribution < -0.4 is 4.90 Å². The Kier molecular flexibility index (Phi) is 3.82. The topological polar surface area (TPSA) is 67.8 Å². The molecular formula is C16H22N4O3. The molecule has 0 saturated carbocycles. The number of aromatic nitrogens is 2. The summed E-state index contributed by atoms with van der Waals surface area (Å²) in [7, 11) is 0. The third-order valence-electron chi connectivity index (χ3n) is 4.61. The summed E-state index contributed by atoms with van der Waals surface area (Å²) in [6, 6.07) is 4.57. The summed E-state index contributed by atoms with van der Waals surface area (Å²) in [5.74, 6) is 1.60. The average Bonchev–Trinajstić information content (AvgIpc) is 3.19. The molecule has 2 aromatic rings. The van der Waals surface area contributed by atoms with Crippen molar-refractivity contribution in [1.82, 2.24) is 15.1 Å². The summed E-state index contributed by atoms with van der Waals surface area (Å²) in [5, 5.41) is 8.09. The molecule has 0 radical (unpaired) electrons. The molecule has 2 saturated heterocycles. The first-order valence-corrected chi connectivity index (χ1v) is 8.16. The van der Waals surface area contributed by atoms with Crippen molar-refractivity contribution in [3.8, 4) is 0 Å². The quantitative estimate of drug-likeness (QED) is 0.855. The van der Waals surface area contributed by atoms with Crippen LogP contribution in [0.3, 0.4) is 0 Å². The molecule has 0 bridgehead atoms. The first kappa shape index (κ1) is 14.7. The summed E-state index contributed by atoms with van der Waals surface area (Å²) in [5.41, 5.74) is -0.161. The molecular weight excluding hydrogens is 296 g/mol. The fraction of sp³-hybridized carbons (Fsp3) is 0.625. The number of piperidine rings is 1. The number of furan rings is 1. The zero-order valence-corrected chi connectivity index (χ0v) is 13.4. The molecule has 7 heteroatoms. The highest BCUT2D eigenvalue weighted by atomic mass is 16.5.